The van der Waals surface area contributed by atoms with Gasteiger partial charge in [0.2, 0.25) is 5.91 Å². The maximum atomic E-state index is 12.9. The minimum Gasteiger partial charge on any atom is -0.350 e. The van der Waals surface area contributed by atoms with Crippen LogP contribution in [0.2, 0.25) is 0 Å². The molecule has 2 aromatic carbocycles. The van der Waals surface area contributed by atoms with Crippen LogP contribution in [0.4, 0.5) is 4.39 Å². The number of fused-ring (bicyclic) bond motifs is 1. The molecule has 0 bridgehead atoms. The van der Waals surface area contributed by atoms with Gasteiger partial charge in [-0.2, -0.15) is 5.26 Å². The Bertz CT molecular complexity index is 985. The van der Waals surface area contributed by atoms with Crippen molar-refractivity contribution in [3.05, 3.63) is 76.6 Å². The third-order valence-electron chi connectivity index (χ3n) is 6.47. The normalized spacial score (nSPS) is 21.0. The summed E-state index contributed by atoms with van der Waals surface area (Å²) in [5.41, 5.74) is 4.19. The standard InChI is InChI=1S/C26H28FN3O/c27-24-8-2-19(3-9-24)6-12-26(31)29-25-10-4-20(5-11-25)13-14-30-17-22-7-1-21(16-28)15-23(22)18-30/h1-3,6-9,12,15,20,25H,4-5,10-11,13-14,17-18H2,(H,29,31)/b12-6+. The largest absolute Gasteiger partial charge is 0.350 e. The minimum absolute atomic E-state index is 0.0839. The van der Waals surface area contributed by atoms with E-state index in [1.165, 1.54) is 35.8 Å². The summed E-state index contributed by atoms with van der Waals surface area (Å²) in [7, 11) is 0. The molecule has 5 heteroatoms. The molecule has 1 heterocycles. The third kappa shape index (κ3) is 5.80. The number of hydrogen-bond acceptors (Lipinski definition) is 3. The van der Waals surface area contributed by atoms with Gasteiger partial charge in [-0.05, 0) is 91.6 Å². The van der Waals surface area contributed by atoms with Gasteiger partial charge in [-0.3, -0.25) is 9.69 Å². The van der Waals surface area contributed by atoms with E-state index in [0.29, 0.717) is 5.92 Å². The first-order valence-electron chi connectivity index (χ1n) is 11.1. The first kappa shape index (κ1) is 21.3. The Morgan fingerprint density at radius 1 is 1.10 bits per heavy atom. The predicted molar refractivity (Wildman–Crippen MR) is 119 cm³/mol. The van der Waals surface area contributed by atoms with Crippen molar-refractivity contribution in [2.24, 2.45) is 5.92 Å². The molecule has 31 heavy (non-hydrogen) atoms. The average molecular weight is 418 g/mol. The van der Waals surface area contributed by atoms with Crippen molar-refractivity contribution in [2.75, 3.05) is 6.54 Å². The Morgan fingerprint density at radius 3 is 2.58 bits per heavy atom. The Labute approximate surface area is 183 Å². The Kier molecular flexibility index (Phi) is 6.79. The van der Waals surface area contributed by atoms with Crippen LogP contribution in [0.15, 0.2) is 48.5 Å². The topological polar surface area (TPSA) is 56.1 Å². The van der Waals surface area contributed by atoms with Crippen LogP contribution in [0, 0.1) is 23.1 Å². The number of rotatable bonds is 6. The number of nitrogens with zero attached hydrogens (tertiary/aromatic N) is 2. The van der Waals surface area contributed by atoms with Gasteiger partial charge < -0.3 is 5.32 Å². The van der Waals surface area contributed by atoms with Crippen molar-refractivity contribution in [1.82, 2.24) is 10.2 Å². The molecule has 0 unspecified atom stereocenters. The summed E-state index contributed by atoms with van der Waals surface area (Å²) in [6.45, 7) is 3.00. The van der Waals surface area contributed by atoms with Gasteiger partial charge in [0.05, 0.1) is 11.6 Å². The molecule has 2 aliphatic rings. The molecule has 0 radical (unpaired) electrons. The maximum Gasteiger partial charge on any atom is 0.244 e. The fourth-order valence-electron chi connectivity index (χ4n) is 4.65. The summed E-state index contributed by atoms with van der Waals surface area (Å²) < 4.78 is 12.9. The van der Waals surface area contributed by atoms with Crippen molar-refractivity contribution in [2.45, 2.75) is 51.2 Å². The van der Waals surface area contributed by atoms with Crippen LogP contribution in [0.25, 0.3) is 6.08 Å². The molecule has 0 atom stereocenters. The molecule has 1 aliphatic heterocycles. The van der Waals surface area contributed by atoms with Crippen molar-refractivity contribution in [3.63, 3.8) is 0 Å². The fraction of sp³-hybridized carbons (Fsp3) is 0.385. The van der Waals surface area contributed by atoms with E-state index in [9.17, 15) is 9.18 Å². The quantitative estimate of drug-likeness (QED) is 0.688. The highest BCUT2D eigenvalue weighted by molar-refractivity contribution is 5.91. The van der Waals surface area contributed by atoms with Crippen molar-refractivity contribution >= 4 is 12.0 Å². The van der Waals surface area contributed by atoms with Gasteiger partial charge in [0.25, 0.3) is 0 Å². The molecule has 0 aromatic heterocycles. The van der Waals surface area contributed by atoms with Crippen LogP contribution in [0.3, 0.4) is 0 Å². The number of hydrogen-bond donors (Lipinski definition) is 1. The van der Waals surface area contributed by atoms with Gasteiger partial charge in [-0.1, -0.05) is 18.2 Å². The molecule has 2 aromatic rings. The summed E-state index contributed by atoms with van der Waals surface area (Å²) in [4.78, 5) is 14.7. The molecular weight excluding hydrogens is 389 g/mol. The number of amides is 1. The SMILES string of the molecule is N#Cc1ccc2c(c1)CN(CCC1CCC(NC(=O)/C=C/c3ccc(F)cc3)CC1)C2. The molecule has 1 fully saturated rings. The summed E-state index contributed by atoms with van der Waals surface area (Å²) in [6.07, 6.45) is 8.76. The number of carbonyl (C=O) groups excluding carboxylic acids is 1. The summed E-state index contributed by atoms with van der Waals surface area (Å²) >= 11 is 0. The summed E-state index contributed by atoms with van der Waals surface area (Å²) in [5.74, 6) is 0.349. The van der Waals surface area contributed by atoms with Gasteiger partial charge in [0.1, 0.15) is 5.82 Å². The highest BCUT2D eigenvalue weighted by Gasteiger charge is 2.24. The van der Waals surface area contributed by atoms with Crippen LogP contribution >= 0.6 is 0 Å². The van der Waals surface area contributed by atoms with E-state index >= 15 is 0 Å². The lowest BCUT2D eigenvalue weighted by atomic mass is 9.84. The van der Waals surface area contributed by atoms with E-state index in [1.54, 1.807) is 18.2 Å². The lowest BCUT2D eigenvalue weighted by Crippen LogP contribution is -2.37. The van der Waals surface area contributed by atoms with Crippen molar-refractivity contribution < 1.29 is 9.18 Å². The van der Waals surface area contributed by atoms with Gasteiger partial charge >= 0.3 is 0 Å². The lowest BCUT2D eigenvalue weighted by molar-refractivity contribution is -0.117. The first-order chi connectivity index (χ1) is 15.1. The number of halogens is 1. The molecule has 1 saturated carbocycles. The molecule has 0 spiro atoms. The van der Waals surface area contributed by atoms with Crippen LogP contribution < -0.4 is 5.32 Å². The Balaban J connectivity index is 1.16. The second-order valence-corrected chi connectivity index (χ2v) is 8.71. The number of carbonyl (C=O) groups is 1. The van der Waals surface area contributed by atoms with Gasteiger partial charge in [-0.15, -0.1) is 0 Å². The van der Waals surface area contributed by atoms with E-state index in [0.717, 1.165) is 56.4 Å². The second kappa shape index (κ2) is 9.89. The fourth-order valence-corrected chi connectivity index (χ4v) is 4.65. The van der Waals surface area contributed by atoms with Crippen LogP contribution in [0.1, 0.15) is 54.4 Å². The average Bonchev–Trinajstić information content (AvgIpc) is 3.20. The highest BCUT2D eigenvalue weighted by Crippen LogP contribution is 2.29. The van der Waals surface area contributed by atoms with Crippen LogP contribution in [-0.4, -0.2) is 23.4 Å². The highest BCUT2D eigenvalue weighted by atomic mass is 19.1. The zero-order valence-corrected chi connectivity index (χ0v) is 17.7. The van der Waals surface area contributed by atoms with Gasteiger partial charge in [0, 0.05) is 25.2 Å². The lowest BCUT2D eigenvalue weighted by Gasteiger charge is -2.30. The van der Waals surface area contributed by atoms with Crippen molar-refractivity contribution in [1.29, 1.82) is 5.26 Å². The Morgan fingerprint density at radius 2 is 1.84 bits per heavy atom. The van der Waals surface area contributed by atoms with Gasteiger partial charge in [-0.25, -0.2) is 4.39 Å². The molecule has 4 rings (SSSR count). The van der Waals surface area contributed by atoms with E-state index in [-0.39, 0.29) is 17.8 Å². The number of benzene rings is 2. The molecular formula is C26H28FN3O. The third-order valence-corrected chi connectivity index (χ3v) is 6.47. The monoisotopic (exact) mass is 417 g/mol. The first-order valence-corrected chi connectivity index (χ1v) is 11.1. The van der Waals surface area contributed by atoms with E-state index in [2.05, 4.69) is 22.4 Å². The van der Waals surface area contributed by atoms with E-state index in [4.69, 9.17) is 5.26 Å². The minimum atomic E-state index is -0.277. The predicted octanol–water partition coefficient (Wildman–Crippen LogP) is 4.79. The molecule has 1 amide bonds. The molecule has 1 aliphatic carbocycles. The zero-order chi connectivity index (χ0) is 21.6. The number of nitrogens with one attached hydrogen (secondary N) is 1. The molecule has 160 valence electrons. The Hall–Kier alpha value is -2.97. The molecule has 0 saturated heterocycles. The summed E-state index contributed by atoms with van der Waals surface area (Å²) in [5, 5.41) is 12.2. The zero-order valence-electron chi connectivity index (χ0n) is 17.7. The van der Waals surface area contributed by atoms with Crippen LogP contribution in [-0.2, 0) is 17.9 Å². The smallest absolute Gasteiger partial charge is 0.244 e. The van der Waals surface area contributed by atoms with Gasteiger partial charge in [0.15, 0.2) is 0 Å². The number of nitriles is 1. The maximum absolute atomic E-state index is 12.9. The molecule has 4 nitrogen and oxygen atoms in total. The second-order valence-electron chi connectivity index (χ2n) is 8.71. The van der Waals surface area contributed by atoms with E-state index < -0.39 is 0 Å². The molecule has 1 N–H and O–H groups in total. The van der Waals surface area contributed by atoms with Crippen LogP contribution in [0.5, 0.6) is 0 Å². The summed E-state index contributed by atoms with van der Waals surface area (Å²) in [6, 6.07) is 14.6. The van der Waals surface area contributed by atoms with E-state index in [1.807, 2.05) is 12.1 Å². The van der Waals surface area contributed by atoms with Crippen molar-refractivity contribution in [3.8, 4) is 6.07 Å².